The standard InChI is InChI=1S/C15H22N2O.2ClH/c1-18-14-6-4-13(5-7-14)15(12-2-3-12)17-10-8-16-9-11-17;;/h4-7,12,15-16H,2-3,8-11H2,1H3;2*1H/t15-;;/m1../s1. The summed E-state index contributed by atoms with van der Waals surface area (Å²) in [7, 11) is 1.73. The van der Waals surface area contributed by atoms with Gasteiger partial charge in [-0.2, -0.15) is 0 Å². The van der Waals surface area contributed by atoms with E-state index >= 15 is 0 Å². The Morgan fingerprint density at radius 3 is 2.20 bits per heavy atom. The number of ether oxygens (including phenoxy) is 1. The highest BCUT2D eigenvalue weighted by atomic mass is 35.5. The third kappa shape index (κ3) is 4.01. The molecule has 1 heterocycles. The highest BCUT2D eigenvalue weighted by molar-refractivity contribution is 5.85. The fourth-order valence-electron chi connectivity index (χ4n) is 2.95. The van der Waals surface area contributed by atoms with Crippen LogP contribution in [-0.2, 0) is 0 Å². The lowest BCUT2D eigenvalue weighted by Gasteiger charge is -2.35. The second-order valence-corrected chi connectivity index (χ2v) is 5.34. The van der Waals surface area contributed by atoms with Gasteiger partial charge in [-0.25, -0.2) is 0 Å². The molecule has 0 spiro atoms. The van der Waals surface area contributed by atoms with E-state index in [1.165, 1.54) is 31.5 Å². The van der Waals surface area contributed by atoms with Crippen molar-refractivity contribution in [1.29, 1.82) is 0 Å². The molecule has 1 aromatic rings. The quantitative estimate of drug-likeness (QED) is 0.923. The number of benzene rings is 1. The van der Waals surface area contributed by atoms with Crippen molar-refractivity contribution in [1.82, 2.24) is 10.2 Å². The van der Waals surface area contributed by atoms with Gasteiger partial charge in [0.25, 0.3) is 0 Å². The smallest absolute Gasteiger partial charge is 0.118 e. The molecule has 0 bridgehead atoms. The summed E-state index contributed by atoms with van der Waals surface area (Å²) >= 11 is 0. The molecule has 0 amide bonds. The van der Waals surface area contributed by atoms with Crippen LogP contribution in [-0.4, -0.2) is 38.2 Å². The molecule has 20 heavy (non-hydrogen) atoms. The van der Waals surface area contributed by atoms with Crippen LogP contribution in [0.25, 0.3) is 0 Å². The zero-order valence-electron chi connectivity index (χ0n) is 11.9. The molecule has 3 nitrogen and oxygen atoms in total. The van der Waals surface area contributed by atoms with Gasteiger partial charge in [-0.1, -0.05) is 12.1 Å². The second kappa shape index (κ2) is 8.08. The maximum Gasteiger partial charge on any atom is 0.118 e. The minimum Gasteiger partial charge on any atom is -0.497 e. The molecule has 114 valence electrons. The minimum atomic E-state index is 0. The molecule has 0 unspecified atom stereocenters. The Kier molecular flexibility index (Phi) is 7.10. The molecule has 0 aromatic heterocycles. The molecule has 1 saturated heterocycles. The number of piperazine rings is 1. The molecule has 2 aliphatic rings. The van der Waals surface area contributed by atoms with E-state index in [-0.39, 0.29) is 24.8 Å². The molecule has 3 rings (SSSR count). The van der Waals surface area contributed by atoms with Gasteiger partial charge in [0.2, 0.25) is 0 Å². The summed E-state index contributed by atoms with van der Waals surface area (Å²) in [6.07, 6.45) is 2.78. The summed E-state index contributed by atoms with van der Waals surface area (Å²) in [6, 6.07) is 9.28. The highest BCUT2D eigenvalue weighted by Crippen LogP contribution is 2.44. The van der Waals surface area contributed by atoms with E-state index in [4.69, 9.17) is 4.74 Å². The van der Waals surface area contributed by atoms with Gasteiger partial charge < -0.3 is 10.1 Å². The average Bonchev–Trinajstić information content (AvgIpc) is 3.26. The molecule has 1 N–H and O–H groups in total. The van der Waals surface area contributed by atoms with Gasteiger partial charge in [0, 0.05) is 32.2 Å². The van der Waals surface area contributed by atoms with Gasteiger partial charge in [-0.05, 0) is 36.5 Å². The summed E-state index contributed by atoms with van der Waals surface area (Å²) in [5.74, 6) is 1.82. The van der Waals surface area contributed by atoms with Crippen molar-refractivity contribution in [2.45, 2.75) is 18.9 Å². The average molecular weight is 319 g/mol. The van der Waals surface area contributed by atoms with Crippen molar-refractivity contribution in [3.63, 3.8) is 0 Å². The lowest BCUT2D eigenvalue weighted by molar-refractivity contribution is 0.156. The number of hydrogen-bond donors (Lipinski definition) is 1. The summed E-state index contributed by atoms with van der Waals surface area (Å²) < 4.78 is 5.25. The number of methoxy groups -OCH3 is 1. The Hall–Kier alpha value is -0.480. The number of halogens is 2. The molecule has 1 saturated carbocycles. The van der Waals surface area contributed by atoms with Crippen molar-refractivity contribution in [3.05, 3.63) is 29.8 Å². The number of rotatable bonds is 4. The first-order valence-corrected chi connectivity index (χ1v) is 6.97. The molecular weight excluding hydrogens is 295 g/mol. The number of nitrogens with one attached hydrogen (secondary N) is 1. The Bertz CT molecular complexity index is 389. The number of hydrogen-bond acceptors (Lipinski definition) is 3. The van der Waals surface area contributed by atoms with Gasteiger partial charge in [0.05, 0.1) is 7.11 Å². The SMILES string of the molecule is COc1ccc([C@@H](C2CC2)N2CCNCC2)cc1.Cl.Cl. The highest BCUT2D eigenvalue weighted by Gasteiger charge is 2.36. The van der Waals surface area contributed by atoms with Crippen LogP contribution >= 0.6 is 24.8 Å². The van der Waals surface area contributed by atoms with Crippen LogP contribution in [0.2, 0.25) is 0 Å². The molecule has 1 aliphatic heterocycles. The predicted molar refractivity (Wildman–Crippen MR) is 87.4 cm³/mol. The van der Waals surface area contributed by atoms with Crippen LogP contribution in [0.5, 0.6) is 5.75 Å². The van der Waals surface area contributed by atoms with E-state index in [0.717, 1.165) is 24.8 Å². The van der Waals surface area contributed by atoms with E-state index in [1.807, 2.05) is 0 Å². The summed E-state index contributed by atoms with van der Waals surface area (Å²) in [6.45, 7) is 4.60. The monoisotopic (exact) mass is 318 g/mol. The normalized spacial score (nSPS) is 20.4. The van der Waals surface area contributed by atoms with Gasteiger partial charge >= 0.3 is 0 Å². The van der Waals surface area contributed by atoms with E-state index in [9.17, 15) is 0 Å². The van der Waals surface area contributed by atoms with Crippen LogP contribution in [0.4, 0.5) is 0 Å². The van der Waals surface area contributed by atoms with E-state index in [0.29, 0.717) is 6.04 Å². The molecule has 1 aromatic carbocycles. The van der Waals surface area contributed by atoms with Crippen molar-refractivity contribution in [2.24, 2.45) is 5.92 Å². The van der Waals surface area contributed by atoms with E-state index < -0.39 is 0 Å². The molecule has 2 fully saturated rings. The third-order valence-corrected chi connectivity index (χ3v) is 4.07. The van der Waals surface area contributed by atoms with Gasteiger partial charge in [0.15, 0.2) is 0 Å². The Labute approximate surface area is 133 Å². The molecule has 1 aliphatic carbocycles. The van der Waals surface area contributed by atoms with Crippen LogP contribution < -0.4 is 10.1 Å². The zero-order valence-corrected chi connectivity index (χ0v) is 13.5. The van der Waals surface area contributed by atoms with E-state index in [1.54, 1.807) is 7.11 Å². The van der Waals surface area contributed by atoms with Crippen molar-refractivity contribution in [3.8, 4) is 5.75 Å². The third-order valence-electron chi connectivity index (χ3n) is 4.07. The first-order chi connectivity index (χ1) is 8.88. The maximum absolute atomic E-state index is 5.25. The summed E-state index contributed by atoms with van der Waals surface area (Å²) in [4.78, 5) is 2.65. The fraction of sp³-hybridized carbons (Fsp3) is 0.600. The first kappa shape index (κ1) is 17.6. The second-order valence-electron chi connectivity index (χ2n) is 5.34. The number of nitrogens with zero attached hydrogens (tertiary/aromatic N) is 1. The van der Waals surface area contributed by atoms with Gasteiger partial charge in [-0.15, -0.1) is 24.8 Å². The Morgan fingerprint density at radius 1 is 1.10 bits per heavy atom. The summed E-state index contributed by atoms with van der Waals surface area (Å²) in [5.41, 5.74) is 1.46. The zero-order chi connectivity index (χ0) is 12.4. The van der Waals surface area contributed by atoms with Crippen molar-refractivity contribution in [2.75, 3.05) is 33.3 Å². The molecule has 0 radical (unpaired) electrons. The summed E-state index contributed by atoms with van der Waals surface area (Å²) in [5, 5.41) is 3.44. The van der Waals surface area contributed by atoms with Crippen LogP contribution in [0.15, 0.2) is 24.3 Å². The van der Waals surface area contributed by atoms with Gasteiger partial charge in [-0.3, -0.25) is 4.90 Å². The lowest BCUT2D eigenvalue weighted by atomic mass is 9.99. The minimum absolute atomic E-state index is 0. The van der Waals surface area contributed by atoms with Crippen LogP contribution in [0, 0.1) is 5.92 Å². The molecular formula is C15H24Cl2N2O. The van der Waals surface area contributed by atoms with Crippen molar-refractivity contribution < 1.29 is 4.74 Å². The largest absolute Gasteiger partial charge is 0.497 e. The van der Waals surface area contributed by atoms with Crippen LogP contribution in [0.1, 0.15) is 24.4 Å². The Balaban J connectivity index is 0.000001000. The maximum atomic E-state index is 5.25. The first-order valence-electron chi connectivity index (χ1n) is 6.97. The molecule has 1 atom stereocenters. The topological polar surface area (TPSA) is 24.5 Å². The lowest BCUT2D eigenvalue weighted by Crippen LogP contribution is -2.45. The Morgan fingerprint density at radius 2 is 1.70 bits per heavy atom. The predicted octanol–water partition coefficient (Wildman–Crippen LogP) is 2.90. The van der Waals surface area contributed by atoms with Gasteiger partial charge in [0.1, 0.15) is 5.75 Å². The molecule has 5 heteroatoms. The van der Waals surface area contributed by atoms with E-state index in [2.05, 4.69) is 34.5 Å². The van der Waals surface area contributed by atoms with Crippen LogP contribution in [0.3, 0.4) is 0 Å². The van der Waals surface area contributed by atoms with Crippen molar-refractivity contribution >= 4 is 24.8 Å². The fourth-order valence-corrected chi connectivity index (χ4v) is 2.95.